The Morgan fingerprint density at radius 2 is 2.17 bits per heavy atom. The quantitative estimate of drug-likeness (QED) is 0.897. The molecule has 0 spiro atoms. The van der Waals surface area contributed by atoms with E-state index >= 15 is 0 Å². The number of hydrogen-bond donors (Lipinski definition) is 1. The summed E-state index contributed by atoms with van der Waals surface area (Å²) in [4.78, 5) is 6.71. The van der Waals surface area contributed by atoms with E-state index in [2.05, 4.69) is 38.8 Å². The Balaban J connectivity index is 1.64. The van der Waals surface area contributed by atoms with Crippen molar-refractivity contribution in [1.29, 1.82) is 0 Å². The van der Waals surface area contributed by atoms with Crippen molar-refractivity contribution in [3.05, 3.63) is 30.6 Å². The van der Waals surface area contributed by atoms with E-state index in [1.54, 1.807) is 0 Å². The maximum Gasteiger partial charge on any atom is 0.138 e. The number of pyridine rings is 1. The summed E-state index contributed by atoms with van der Waals surface area (Å²) in [6, 6.07) is 6.20. The van der Waals surface area contributed by atoms with Crippen LogP contribution >= 0.6 is 0 Å². The van der Waals surface area contributed by atoms with Crippen LogP contribution in [-0.4, -0.2) is 41.0 Å². The molecule has 0 unspecified atom stereocenters. The van der Waals surface area contributed by atoms with E-state index in [9.17, 15) is 0 Å². The number of rotatable bonds is 3. The van der Waals surface area contributed by atoms with Gasteiger partial charge in [0.05, 0.1) is 0 Å². The van der Waals surface area contributed by atoms with Gasteiger partial charge >= 0.3 is 0 Å². The molecule has 0 aromatic carbocycles. The normalized spacial score (nSPS) is 18.3. The summed E-state index contributed by atoms with van der Waals surface area (Å²) in [5, 5.41) is 3.56. The first-order valence-corrected chi connectivity index (χ1v) is 6.67. The minimum Gasteiger partial charge on any atom is -0.371 e. The van der Waals surface area contributed by atoms with E-state index in [0.717, 1.165) is 23.9 Å². The number of nitrogens with one attached hydrogen (secondary N) is 1. The van der Waals surface area contributed by atoms with Crippen LogP contribution in [0, 0.1) is 5.92 Å². The monoisotopic (exact) mass is 244 g/mol. The molecule has 1 aliphatic heterocycles. The van der Waals surface area contributed by atoms with E-state index in [0.29, 0.717) is 0 Å². The second-order valence-electron chi connectivity index (χ2n) is 5.19. The Labute approximate surface area is 108 Å². The summed E-state index contributed by atoms with van der Waals surface area (Å²) in [6.45, 7) is 3.51. The zero-order chi connectivity index (χ0) is 12.4. The van der Waals surface area contributed by atoms with Gasteiger partial charge in [0.15, 0.2) is 0 Å². The van der Waals surface area contributed by atoms with Gasteiger partial charge in [-0.1, -0.05) is 6.07 Å². The molecule has 0 aliphatic carbocycles. The Morgan fingerprint density at radius 1 is 1.33 bits per heavy atom. The SMILES string of the molecule is CN1CCC(CNc2cccc3nccn23)CC1. The standard InChI is InChI=1S/C14H20N4/c1-17-8-5-12(6-9-17)11-16-14-4-2-3-13-15-7-10-18(13)14/h2-4,7,10,12,16H,5-6,8-9,11H2,1H3. The molecule has 2 aromatic rings. The Bertz CT molecular complexity index is 511. The highest BCUT2D eigenvalue weighted by molar-refractivity contribution is 5.49. The maximum absolute atomic E-state index is 4.30. The van der Waals surface area contributed by atoms with Crippen LogP contribution in [0.4, 0.5) is 5.82 Å². The molecular weight excluding hydrogens is 224 g/mol. The maximum atomic E-state index is 4.30. The van der Waals surface area contributed by atoms with Gasteiger partial charge in [-0.05, 0) is 51.0 Å². The van der Waals surface area contributed by atoms with Gasteiger partial charge in [0.2, 0.25) is 0 Å². The molecule has 1 N–H and O–H groups in total. The average molecular weight is 244 g/mol. The second kappa shape index (κ2) is 4.98. The lowest BCUT2D eigenvalue weighted by Gasteiger charge is -2.29. The lowest BCUT2D eigenvalue weighted by atomic mass is 9.97. The van der Waals surface area contributed by atoms with E-state index < -0.39 is 0 Å². The van der Waals surface area contributed by atoms with Gasteiger partial charge in [-0.3, -0.25) is 4.40 Å². The van der Waals surface area contributed by atoms with Gasteiger partial charge in [-0.25, -0.2) is 4.98 Å². The van der Waals surface area contributed by atoms with Crippen LogP contribution in [0.25, 0.3) is 5.65 Å². The number of anilines is 1. The summed E-state index contributed by atoms with van der Waals surface area (Å²) in [5.74, 6) is 1.93. The minimum atomic E-state index is 0.792. The number of likely N-dealkylation sites (tertiary alicyclic amines) is 1. The Hall–Kier alpha value is -1.55. The molecule has 3 rings (SSSR count). The Morgan fingerprint density at radius 3 is 3.00 bits per heavy atom. The molecule has 18 heavy (non-hydrogen) atoms. The third kappa shape index (κ3) is 2.34. The molecule has 0 saturated carbocycles. The first kappa shape index (κ1) is 11.5. The third-order valence-corrected chi connectivity index (χ3v) is 3.84. The highest BCUT2D eigenvalue weighted by Crippen LogP contribution is 2.17. The third-order valence-electron chi connectivity index (χ3n) is 3.84. The molecule has 0 radical (unpaired) electrons. The highest BCUT2D eigenvalue weighted by atomic mass is 15.1. The van der Waals surface area contributed by atoms with Gasteiger partial charge in [0.25, 0.3) is 0 Å². The fraction of sp³-hybridized carbons (Fsp3) is 0.500. The molecule has 1 saturated heterocycles. The highest BCUT2D eigenvalue weighted by Gasteiger charge is 2.16. The van der Waals surface area contributed by atoms with Crippen LogP contribution < -0.4 is 5.32 Å². The molecule has 96 valence electrons. The van der Waals surface area contributed by atoms with Crippen LogP contribution in [0.3, 0.4) is 0 Å². The van der Waals surface area contributed by atoms with Crippen LogP contribution in [0.15, 0.2) is 30.6 Å². The van der Waals surface area contributed by atoms with E-state index in [-0.39, 0.29) is 0 Å². The minimum absolute atomic E-state index is 0.792. The molecule has 1 fully saturated rings. The lowest BCUT2D eigenvalue weighted by molar-refractivity contribution is 0.226. The van der Waals surface area contributed by atoms with Gasteiger partial charge in [0, 0.05) is 18.9 Å². The number of imidazole rings is 1. The van der Waals surface area contributed by atoms with Gasteiger partial charge in [-0.2, -0.15) is 0 Å². The largest absolute Gasteiger partial charge is 0.371 e. The average Bonchev–Trinajstić information content (AvgIpc) is 2.87. The predicted octanol–water partition coefficient (Wildman–Crippen LogP) is 2.09. The summed E-state index contributed by atoms with van der Waals surface area (Å²) >= 11 is 0. The molecule has 1 aliphatic rings. The fourth-order valence-electron chi connectivity index (χ4n) is 2.61. The topological polar surface area (TPSA) is 32.6 Å². The number of fused-ring (bicyclic) bond motifs is 1. The summed E-state index contributed by atoms with van der Waals surface area (Å²) in [7, 11) is 2.20. The first-order valence-electron chi connectivity index (χ1n) is 6.67. The lowest BCUT2D eigenvalue weighted by Crippen LogP contribution is -2.33. The fourth-order valence-corrected chi connectivity index (χ4v) is 2.61. The molecule has 3 heterocycles. The van der Waals surface area contributed by atoms with E-state index in [4.69, 9.17) is 0 Å². The van der Waals surface area contributed by atoms with Crippen molar-refractivity contribution >= 4 is 11.5 Å². The van der Waals surface area contributed by atoms with Crippen molar-refractivity contribution in [1.82, 2.24) is 14.3 Å². The van der Waals surface area contributed by atoms with Crippen LogP contribution in [-0.2, 0) is 0 Å². The second-order valence-corrected chi connectivity index (χ2v) is 5.19. The molecule has 0 atom stereocenters. The first-order chi connectivity index (χ1) is 8.83. The van der Waals surface area contributed by atoms with E-state index in [1.807, 2.05) is 18.5 Å². The van der Waals surface area contributed by atoms with Crippen molar-refractivity contribution in [2.45, 2.75) is 12.8 Å². The molecule has 4 heteroatoms. The van der Waals surface area contributed by atoms with Gasteiger partial charge in [-0.15, -0.1) is 0 Å². The molecule has 0 bridgehead atoms. The smallest absolute Gasteiger partial charge is 0.138 e. The summed E-state index contributed by atoms with van der Waals surface area (Å²) < 4.78 is 2.11. The van der Waals surface area contributed by atoms with Crippen molar-refractivity contribution in [2.24, 2.45) is 5.92 Å². The van der Waals surface area contributed by atoms with Crippen LogP contribution in [0.1, 0.15) is 12.8 Å². The van der Waals surface area contributed by atoms with Gasteiger partial charge < -0.3 is 10.2 Å². The molecular formula is C14H20N4. The van der Waals surface area contributed by atoms with E-state index in [1.165, 1.54) is 25.9 Å². The van der Waals surface area contributed by atoms with Crippen molar-refractivity contribution in [3.63, 3.8) is 0 Å². The van der Waals surface area contributed by atoms with Gasteiger partial charge in [0.1, 0.15) is 11.5 Å². The number of nitrogens with zero attached hydrogens (tertiary/aromatic N) is 3. The molecule has 0 amide bonds. The number of hydrogen-bond acceptors (Lipinski definition) is 3. The number of aromatic nitrogens is 2. The predicted molar refractivity (Wildman–Crippen MR) is 73.9 cm³/mol. The van der Waals surface area contributed by atoms with Crippen LogP contribution in [0.5, 0.6) is 0 Å². The summed E-state index contributed by atoms with van der Waals surface area (Å²) in [6.07, 6.45) is 6.44. The Kier molecular flexibility index (Phi) is 3.19. The number of piperidine rings is 1. The zero-order valence-corrected chi connectivity index (χ0v) is 10.8. The molecule has 2 aromatic heterocycles. The van der Waals surface area contributed by atoms with Crippen molar-refractivity contribution in [2.75, 3.05) is 32.0 Å². The van der Waals surface area contributed by atoms with Crippen molar-refractivity contribution < 1.29 is 0 Å². The summed E-state index contributed by atoms with van der Waals surface area (Å²) in [5.41, 5.74) is 1.00. The van der Waals surface area contributed by atoms with Crippen molar-refractivity contribution in [3.8, 4) is 0 Å². The van der Waals surface area contributed by atoms with Crippen LogP contribution in [0.2, 0.25) is 0 Å². The molecule has 4 nitrogen and oxygen atoms in total. The zero-order valence-electron chi connectivity index (χ0n) is 10.8.